The second kappa shape index (κ2) is 11.3. The highest BCUT2D eigenvalue weighted by Crippen LogP contribution is 2.24. The molecule has 1 atom stereocenters. The first-order valence-electron chi connectivity index (χ1n) is 10.1. The minimum Gasteiger partial charge on any atom is -0.354 e. The molecule has 3 N–H and O–H groups in total. The molecule has 3 rings (SSSR count). The Labute approximate surface area is 175 Å². The predicted octanol–water partition coefficient (Wildman–Crippen LogP) is 3.22. The smallest absolute Gasteiger partial charge is 0.241 e. The maximum atomic E-state index is 13.0. The van der Waals surface area contributed by atoms with Gasteiger partial charge in [0.05, 0.1) is 0 Å². The van der Waals surface area contributed by atoms with Crippen LogP contribution in [0.3, 0.4) is 0 Å². The molecule has 1 aromatic heterocycles. The zero-order chi connectivity index (χ0) is 19.6. The molecule has 1 amide bonds. The third-order valence-electron chi connectivity index (χ3n) is 5.30. The van der Waals surface area contributed by atoms with E-state index in [9.17, 15) is 4.79 Å². The van der Waals surface area contributed by atoms with Gasteiger partial charge in [-0.05, 0) is 80.6 Å². The van der Waals surface area contributed by atoms with Gasteiger partial charge in [-0.25, -0.2) is 0 Å². The molecule has 1 aliphatic rings. The highest BCUT2D eigenvalue weighted by molar-refractivity contribution is 9.10. The topological polar surface area (TPSA) is 66.0 Å². The summed E-state index contributed by atoms with van der Waals surface area (Å²) in [6.07, 6.45) is 7.91. The van der Waals surface area contributed by atoms with Crippen molar-refractivity contribution < 1.29 is 4.79 Å². The van der Waals surface area contributed by atoms with Gasteiger partial charge in [0, 0.05) is 23.4 Å². The number of aromatic nitrogens is 1. The quantitative estimate of drug-likeness (QED) is 0.555. The number of pyridine rings is 1. The van der Waals surface area contributed by atoms with Crippen LogP contribution in [0, 0.1) is 5.92 Å². The normalized spacial score (nSPS) is 15.9. The van der Waals surface area contributed by atoms with E-state index in [0.717, 1.165) is 48.4 Å². The van der Waals surface area contributed by atoms with Gasteiger partial charge < -0.3 is 16.0 Å². The number of carbonyl (C=O) groups excluding carboxylic acids is 1. The summed E-state index contributed by atoms with van der Waals surface area (Å²) in [6, 6.07) is 11.6. The molecule has 28 heavy (non-hydrogen) atoms. The first kappa shape index (κ1) is 21.0. The van der Waals surface area contributed by atoms with Gasteiger partial charge in [-0.1, -0.05) is 34.1 Å². The summed E-state index contributed by atoms with van der Waals surface area (Å²) in [4.78, 5) is 17.0. The summed E-state index contributed by atoms with van der Waals surface area (Å²) in [5.74, 6) is 0.759. The van der Waals surface area contributed by atoms with Gasteiger partial charge in [0.2, 0.25) is 5.91 Å². The molecule has 2 aromatic rings. The third-order valence-corrected chi connectivity index (χ3v) is 6.02. The van der Waals surface area contributed by atoms with Crippen molar-refractivity contribution in [2.45, 2.75) is 31.7 Å². The lowest BCUT2D eigenvalue weighted by Crippen LogP contribution is -2.39. The van der Waals surface area contributed by atoms with Crippen molar-refractivity contribution in [1.29, 1.82) is 0 Å². The van der Waals surface area contributed by atoms with Crippen LogP contribution < -0.4 is 16.0 Å². The number of halogens is 1. The summed E-state index contributed by atoms with van der Waals surface area (Å²) in [6.45, 7) is 3.66. The fraction of sp³-hybridized carbons (Fsp3) is 0.455. The van der Waals surface area contributed by atoms with Crippen LogP contribution in [0.2, 0.25) is 0 Å². The Morgan fingerprint density at radius 2 is 1.89 bits per heavy atom. The standard InChI is InChI=1S/C22H29BrN4O/c23-20-4-2-1-3-19(20)21(26-15-9-17-5-11-24-12-6-17)22(28)27-16-10-18-7-13-25-14-8-18/h1-4,7-8,13-14,17,21,24,26H,5-6,9-12,15-16H2,(H,27,28). The Balaban J connectivity index is 1.56. The Kier molecular flexibility index (Phi) is 8.45. The molecule has 0 bridgehead atoms. The van der Waals surface area contributed by atoms with Crippen LogP contribution in [-0.2, 0) is 11.2 Å². The molecule has 1 aromatic carbocycles. The second-order valence-corrected chi connectivity index (χ2v) is 8.14. The number of rotatable bonds is 9. The molecule has 1 fully saturated rings. The number of hydrogen-bond donors (Lipinski definition) is 3. The van der Waals surface area contributed by atoms with E-state index in [0.29, 0.717) is 6.54 Å². The fourth-order valence-electron chi connectivity index (χ4n) is 3.64. The van der Waals surface area contributed by atoms with Gasteiger partial charge in [0.15, 0.2) is 0 Å². The molecule has 0 saturated carbocycles. The number of amides is 1. The molecular weight excluding hydrogens is 416 g/mol. The van der Waals surface area contributed by atoms with Crippen LogP contribution in [0.5, 0.6) is 0 Å². The lowest BCUT2D eigenvalue weighted by Gasteiger charge is -2.25. The molecule has 6 heteroatoms. The van der Waals surface area contributed by atoms with Crippen molar-refractivity contribution in [3.8, 4) is 0 Å². The number of hydrogen-bond acceptors (Lipinski definition) is 4. The Morgan fingerprint density at radius 1 is 1.14 bits per heavy atom. The Bertz CT molecular complexity index is 734. The molecule has 0 radical (unpaired) electrons. The Morgan fingerprint density at radius 3 is 2.64 bits per heavy atom. The number of nitrogens with one attached hydrogen (secondary N) is 3. The monoisotopic (exact) mass is 444 g/mol. The lowest BCUT2D eigenvalue weighted by molar-refractivity contribution is -0.123. The van der Waals surface area contributed by atoms with Crippen LogP contribution in [0.1, 0.15) is 36.4 Å². The molecule has 0 aliphatic carbocycles. The summed E-state index contributed by atoms with van der Waals surface area (Å²) >= 11 is 3.60. The summed E-state index contributed by atoms with van der Waals surface area (Å²) < 4.78 is 0.957. The Hall–Kier alpha value is -1.76. The summed E-state index contributed by atoms with van der Waals surface area (Å²) in [7, 11) is 0. The van der Waals surface area contributed by atoms with Gasteiger partial charge in [0.25, 0.3) is 0 Å². The molecule has 2 heterocycles. The van der Waals surface area contributed by atoms with Crippen molar-refractivity contribution in [2.24, 2.45) is 5.92 Å². The average molecular weight is 445 g/mol. The highest BCUT2D eigenvalue weighted by atomic mass is 79.9. The van der Waals surface area contributed by atoms with Gasteiger partial charge in [-0.3, -0.25) is 9.78 Å². The minimum atomic E-state index is -0.352. The van der Waals surface area contributed by atoms with E-state index < -0.39 is 0 Å². The van der Waals surface area contributed by atoms with Crippen LogP contribution in [0.25, 0.3) is 0 Å². The van der Waals surface area contributed by atoms with Crippen molar-refractivity contribution in [3.05, 3.63) is 64.4 Å². The average Bonchev–Trinajstić information content (AvgIpc) is 2.73. The number of piperidine rings is 1. The van der Waals surface area contributed by atoms with Gasteiger partial charge in [-0.2, -0.15) is 0 Å². The zero-order valence-electron chi connectivity index (χ0n) is 16.2. The molecule has 1 saturated heterocycles. The first-order valence-corrected chi connectivity index (χ1v) is 10.9. The van der Waals surface area contributed by atoms with Crippen molar-refractivity contribution in [2.75, 3.05) is 26.2 Å². The lowest BCUT2D eigenvalue weighted by atomic mass is 9.94. The molecular formula is C22H29BrN4O. The number of nitrogens with zero attached hydrogens (tertiary/aromatic N) is 1. The highest BCUT2D eigenvalue weighted by Gasteiger charge is 2.22. The van der Waals surface area contributed by atoms with Crippen molar-refractivity contribution >= 4 is 21.8 Å². The first-order chi connectivity index (χ1) is 13.7. The van der Waals surface area contributed by atoms with E-state index in [1.165, 1.54) is 18.4 Å². The minimum absolute atomic E-state index is 0.0197. The molecule has 1 aliphatic heterocycles. The largest absolute Gasteiger partial charge is 0.354 e. The third kappa shape index (κ3) is 6.40. The van der Waals surface area contributed by atoms with Crippen molar-refractivity contribution in [3.63, 3.8) is 0 Å². The predicted molar refractivity (Wildman–Crippen MR) is 116 cm³/mol. The summed E-state index contributed by atoms with van der Waals surface area (Å²) in [5.41, 5.74) is 2.15. The maximum absolute atomic E-state index is 13.0. The van der Waals surface area contributed by atoms with E-state index >= 15 is 0 Å². The van der Waals surface area contributed by atoms with Gasteiger partial charge in [-0.15, -0.1) is 0 Å². The molecule has 1 unspecified atom stereocenters. The van der Waals surface area contributed by atoms with Crippen molar-refractivity contribution in [1.82, 2.24) is 20.9 Å². The fourth-order valence-corrected chi connectivity index (χ4v) is 4.15. The number of carbonyl (C=O) groups is 1. The second-order valence-electron chi connectivity index (χ2n) is 7.29. The van der Waals surface area contributed by atoms with Crippen LogP contribution in [0.4, 0.5) is 0 Å². The zero-order valence-corrected chi connectivity index (χ0v) is 17.7. The number of benzene rings is 1. The van der Waals surface area contributed by atoms with Gasteiger partial charge in [0.1, 0.15) is 6.04 Å². The van der Waals surface area contributed by atoms with Gasteiger partial charge >= 0.3 is 0 Å². The van der Waals surface area contributed by atoms with Crippen LogP contribution in [-0.4, -0.2) is 37.1 Å². The van der Waals surface area contributed by atoms with Crippen LogP contribution >= 0.6 is 15.9 Å². The molecule has 5 nitrogen and oxygen atoms in total. The SMILES string of the molecule is O=C(NCCc1ccncc1)C(NCCC1CCNCC1)c1ccccc1Br. The molecule has 0 spiro atoms. The van der Waals surface area contributed by atoms with Crippen LogP contribution in [0.15, 0.2) is 53.3 Å². The summed E-state index contributed by atoms with van der Waals surface area (Å²) in [5, 5.41) is 10.0. The maximum Gasteiger partial charge on any atom is 0.241 e. The van der Waals surface area contributed by atoms with E-state index in [1.54, 1.807) is 12.4 Å². The van der Waals surface area contributed by atoms with E-state index in [1.807, 2.05) is 36.4 Å². The van der Waals surface area contributed by atoms with E-state index in [4.69, 9.17) is 0 Å². The molecule has 150 valence electrons. The van der Waals surface area contributed by atoms with E-state index in [-0.39, 0.29) is 11.9 Å². The van der Waals surface area contributed by atoms with E-state index in [2.05, 4.69) is 36.9 Å².